The first-order chi connectivity index (χ1) is 10.1. The molecule has 2 aromatic rings. The van der Waals surface area contributed by atoms with Crippen LogP contribution in [-0.2, 0) is 0 Å². The van der Waals surface area contributed by atoms with Crippen molar-refractivity contribution in [2.45, 2.75) is 26.3 Å². The van der Waals surface area contributed by atoms with Gasteiger partial charge in [-0.3, -0.25) is 9.59 Å². The lowest BCUT2D eigenvalue weighted by Crippen LogP contribution is -2.31. The molecule has 5 heteroatoms. The Morgan fingerprint density at radius 1 is 1.19 bits per heavy atom. The fourth-order valence-corrected chi connectivity index (χ4v) is 1.75. The Kier molecular flexibility index (Phi) is 4.77. The van der Waals surface area contributed by atoms with Crippen LogP contribution in [0.3, 0.4) is 0 Å². The van der Waals surface area contributed by atoms with Crippen LogP contribution in [0.5, 0.6) is 0 Å². The fraction of sp³-hybridized carbons (Fsp3) is 0.250. The Bertz CT molecular complexity index is 620. The number of amides is 2. The molecule has 1 heterocycles. The Labute approximate surface area is 123 Å². The molecule has 0 aliphatic carbocycles. The maximum Gasteiger partial charge on any atom is 0.291 e. The van der Waals surface area contributed by atoms with Gasteiger partial charge in [0.05, 0.1) is 6.26 Å². The Morgan fingerprint density at radius 3 is 2.67 bits per heavy atom. The highest BCUT2D eigenvalue weighted by Gasteiger charge is 2.12. The predicted octanol–water partition coefficient (Wildman–Crippen LogP) is 3.06. The summed E-state index contributed by atoms with van der Waals surface area (Å²) in [7, 11) is 0. The second-order valence-electron chi connectivity index (χ2n) is 4.79. The van der Waals surface area contributed by atoms with E-state index in [1.54, 1.807) is 36.4 Å². The van der Waals surface area contributed by atoms with Crippen molar-refractivity contribution in [1.29, 1.82) is 0 Å². The minimum atomic E-state index is -0.348. The normalized spacial score (nSPS) is 11.7. The Morgan fingerprint density at radius 2 is 2.00 bits per heavy atom. The average molecular weight is 286 g/mol. The van der Waals surface area contributed by atoms with Crippen molar-refractivity contribution in [3.05, 3.63) is 54.0 Å². The van der Waals surface area contributed by atoms with Crippen LogP contribution >= 0.6 is 0 Å². The molecule has 5 nitrogen and oxygen atoms in total. The van der Waals surface area contributed by atoms with E-state index in [1.807, 2.05) is 13.8 Å². The van der Waals surface area contributed by atoms with Crippen molar-refractivity contribution in [2.75, 3.05) is 5.32 Å². The van der Waals surface area contributed by atoms with Gasteiger partial charge in [-0.05, 0) is 43.7 Å². The van der Waals surface area contributed by atoms with Crippen molar-refractivity contribution in [3.63, 3.8) is 0 Å². The lowest BCUT2D eigenvalue weighted by Gasteiger charge is -2.12. The van der Waals surface area contributed by atoms with E-state index in [4.69, 9.17) is 4.42 Å². The van der Waals surface area contributed by atoms with Gasteiger partial charge < -0.3 is 15.1 Å². The molecule has 0 aliphatic heterocycles. The fourth-order valence-electron chi connectivity index (χ4n) is 1.75. The molecular weight excluding hydrogens is 268 g/mol. The quantitative estimate of drug-likeness (QED) is 0.887. The molecule has 0 unspecified atom stereocenters. The summed E-state index contributed by atoms with van der Waals surface area (Å²) in [5.41, 5.74) is 1.06. The molecule has 0 aliphatic rings. The minimum absolute atomic E-state index is 0.110. The van der Waals surface area contributed by atoms with Gasteiger partial charge in [-0.1, -0.05) is 13.0 Å². The first-order valence-corrected chi connectivity index (χ1v) is 6.86. The Hall–Kier alpha value is -2.56. The molecule has 0 saturated heterocycles. The highest BCUT2D eigenvalue weighted by Crippen LogP contribution is 2.13. The maximum absolute atomic E-state index is 12.0. The molecule has 1 atom stereocenters. The molecule has 1 aromatic carbocycles. The van der Waals surface area contributed by atoms with Crippen LogP contribution in [-0.4, -0.2) is 17.9 Å². The zero-order valence-electron chi connectivity index (χ0n) is 12.1. The number of carbonyl (C=O) groups is 2. The number of anilines is 1. The molecule has 0 fully saturated rings. The van der Waals surface area contributed by atoms with Gasteiger partial charge in [-0.2, -0.15) is 0 Å². The summed E-state index contributed by atoms with van der Waals surface area (Å²) in [6.45, 7) is 3.95. The van der Waals surface area contributed by atoms with Crippen molar-refractivity contribution in [1.82, 2.24) is 5.32 Å². The summed E-state index contributed by atoms with van der Waals surface area (Å²) in [6, 6.07) is 10.1. The summed E-state index contributed by atoms with van der Waals surface area (Å²) in [5.74, 6) is -0.276. The van der Waals surface area contributed by atoms with Crippen LogP contribution in [0.1, 0.15) is 41.2 Å². The van der Waals surface area contributed by atoms with Gasteiger partial charge >= 0.3 is 0 Å². The molecule has 110 valence electrons. The van der Waals surface area contributed by atoms with E-state index >= 15 is 0 Å². The van der Waals surface area contributed by atoms with Crippen LogP contribution in [0.25, 0.3) is 0 Å². The third kappa shape index (κ3) is 3.95. The number of nitrogens with one attached hydrogen (secondary N) is 2. The standard InChI is InChI=1S/C16H18N2O3/c1-3-11(2)17-15(19)12-6-4-7-13(10-12)18-16(20)14-8-5-9-21-14/h4-11H,3H2,1-2H3,(H,17,19)(H,18,20)/t11-/m1/s1. The molecule has 2 amide bonds. The third-order valence-electron chi connectivity index (χ3n) is 3.12. The van der Waals surface area contributed by atoms with E-state index < -0.39 is 0 Å². The maximum atomic E-state index is 12.0. The number of rotatable bonds is 5. The number of hydrogen-bond acceptors (Lipinski definition) is 3. The number of carbonyl (C=O) groups excluding carboxylic acids is 2. The molecule has 1 aromatic heterocycles. The summed E-state index contributed by atoms with van der Waals surface area (Å²) >= 11 is 0. The number of furan rings is 1. The molecule has 21 heavy (non-hydrogen) atoms. The molecule has 0 bridgehead atoms. The van der Waals surface area contributed by atoms with Gasteiger partial charge in [-0.15, -0.1) is 0 Å². The summed E-state index contributed by atoms with van der Waals surface area (Å²) in [5, 5.41) is 5.58. The van der Waals surface area contributed by atoms with Gasteiger partial charge in [0.1, 0.15) is 0 Å². The van der Waals surface area contributed by atoms with Gasteiger partial charge in [0.25, 0.3) is 11.8 Å². The largest absolute Gasteiger partial charge is 0.459 e. The second kappa shape index (κ2) is 6.74. The van der Waals surface area contributed by atoms with Crippen LogP contribution in [0, 0.1) is 0 Å². The molecule has 2 rings (SSSR count). The number of benzene rings is 1. The first-order valence-electron chi connectivity index (χ1n) is 6.86. The van der Waals surface area contributed by atoms with Crippen LogP contribution in [0.2, 0.25) is 0 Å². The van der Waals surface area contributed by atoms with Crippen LogP contribution < -0.4 is 10.6 Å². The summed E-state index contributed by atoms with van der Waals surface area (Å²) < 4.78 is 5.02. The van der Waals surface area contributed by atoms with E-state index in [0.717, 1.165) is 6.42 Å². The molecule has 0 saturated carbocycles. The van der Waals surface area contributed by atoms with E-state index in [9.17, 15) is 9.59 Å². The van der Waals surface area contributed by atoms with Gasteiger partial charge in [0, 0.05) is 17.3 Å². The average Bonchev–Trinajstić information content (AvgIpc) is 3.01. The van der Waals surface area contributed by atoms with E-state index in [-0.39, 0.29) is 23.6 Å². The highest BCUT2D eigenvalue weighted by atomic mass is 16.3. The van der Waals surface area contributed by atoms with Crippen molar-refractivity contribution < 1.29 is 14.0 Å². The van der Waals surface area contributed by atoms with Crippen LogP contribution in [0.4, 0.5) is 5.69 Å². The zero-order valence-corrected chi connectivity index (χ0v) is 12.1. The number of hydrogen-bond donors (Lipinski definition) is 2. The second-order valence-corrected chi connectivity index (χ2v) is 4.79. The molecule has 0 spiro atoms. The lowest BCUT2D eigenvalue weighted by molar-refractivity contribution is 0.0937. The molecular formula is C16H18N2O3. The van der Waals surface area contributed by atoms with Crippen molar-refractivity contribution in [3.8, 4) is 0 Å². The molecule has 0 radical (unpaired) electrons. The Balaban J connectivity index is 2.07. The zero-order chi connectivity index (χ0) is 15.2. The van der Waals surface area contributed by atoms with Gasteiger partial charge in [0.2, 0.25) is 0 Å². The van der Waals surface area contributed by atoms with E-state index in [2.05, 4.69) is 10.6 Å². The monoisotopic (exact) mass is 286 g/mol. The van der Waals surface area contributed by atoms with Gasteiger partial charge in [0.15, 0.2) is 5.76 Å². The van der Waals surface area contributed by atoms with Crippen molar-refractivity contribution >= 4 is 17.5 Å². The van der Waals surface area contributed by atoms with Gasteiger partial charge in [-0.25, -0.2) is 0 Å². The van der Waals surface area contributed by atoms with Crippen LogP contribution in [0.15, 0.2) is 47.1 Å². The van der Waals surface area contributed by atoms with E-state index in [1.165, 1.54) is 6.26 Å². The first kappa shape index (κ1) is 14.8. The SMILES string of the molecule is CC[C@@H](C)NC(=O)c1cccc(NC(=O)c2ccco2)c1. The topological polar surface area (TPSA) is 71.3 Å². The molecule has 2 N–H and O–H groups in total. The smallest absolute Gasteiger partial charge is 0.291 e. The minimum Gasteiger partial charge on any atom is -0.459 e. The highest BCUT2D eigenvalue weighted by molar-refractivity contribution is 6.03. The van der Waals surface area contributed by atoms with Crippen molar-refractivity contribution in [2.24, 2.45) is 0 Å². The summed E-state index contributed by atoms with van der Waals surface area (Å²) in [6.07, 6.45) is 2.30. The predicted molar refractivity (Wildman–Crippen MR) is 80.3 cm³/mol. The lowest BCUT2D eigenvalue weighted by atomic mass is 10.1. The third-order valence-corrected chi connectivity index (χ3v) is 3.12. The summed E-state index contributed by atoms with van der Waals surface area (Å²) in [4.78, 5) is 23.9. The van der Waals surface area contributed by atoms with E-state index in [0.29, 0.717) is 11.3 Å².